The van der Waals surface area contributed by atoms with Gasteiger partial charge in [-0.3, -0.25) is 4.79 Å². The monoisotopic (exact) mass is 406 g/mol. The number of thiazole rings is 1. The molecule has 0 radical (unpaired) electrons. The van der Waals surface area contributed by atoms with E-state index in [1.165, 1.54) is 11.1 Å². The number of hydrogen-bond donors (Lipinski definition) is 0. The van der Waals surface area contributed by atoms with Gasteiger partial charge in [-0.15, -0.1) is 11.3 Å². The summed E-state index contributed by atoms with van der Waals surface area (Å²) in [5.74, 6) is 0.725. The number of carbonyl (C=O) groups is 1. The Bertz CT molecular complexity index is 1020. The van der Waals surface area contributed by atoms with Gasteiger partial charge < -0.3 is 9.64 Å². The lowest BCUT2D eigenvalue weighted by Crippen LogP contribution is -2.24. The molecule has 150 valence electrons. The average Bonchev–Trinajstić information content (AvgIpc) is 3.12. The second-order valence-corrected chi connectivity index (χ2v) is 8.24. The van der Waals surface area contributed by atoms with Crippen LogP contribution in [-0.4, -0.2) is 22.8 Å². The highest BCUT2D eigenvalue weighted by molar-refractivity contribution is 7.09. The van der Waals surface area contributed by atoms with Gasteiger partial charge in [0.05, 0.1) is 10.7 Å². The maximum absolute atomic E-state index is 12.5. The summed E-state index contributed by atoms with van der Waals surface area (Å²) >= 11 is 1.61. The van der Waals surface area contributed by atoms with E-state index in [0.717, 1.165) is 27.6 Å². The van der Waals surface area contributed by atoms with Gasteiger partial charge in [-0.2, -0.15) is 0 Å². The Labute approximate surface area is 176 Å². The Morgan fingerprint density at radius 3 is 2.72 bits per heavy atom. The molecule has 3 rings (SSSR count). The fraction of sp³-hybridized carbons (Fsp3) is 0.250. The number of carbonyl (C=O) groups excluding carboxylic acids is 1. The van der Waals surface area contributed by atoms with Crippen LogP contribution in [0.15, 0.2) is 53.9 Å². The van der Waals surface area contributed by atoms with Crippen molar-refractivity contribution in [3.63, 3.8) is 0 Å². The molecule has 29 heavy (non-hydrogen) atoms. The molecule has 0 saturated heterocycles. The molecule has 4 nitrogen and oxygen atoms in total. The average molecular weight is 407 g/mol. The number of benzene rings is 2. The number of hydrogen-bond acceptors (Lipinski definition) is 4. The molecule has 0 N–H and O–H groups in total. The summed E-state index contributed by atoms with van der Waals surface area (Å²) < 4.78 is 5.82. The number of nitrogens with zero attached hydrogens (tertiary/aromatic N) is 2. The molecule has 0 aliphatic heterocycles. The summed E-state index contributed by atoms with van der Waals surface area (Å²) in [4.78, 5) is 18.6. The summed E-state index contributed by atoms with van der Waals surface area (Å²) in [6.45, 7) is 7.16. The minimum absolute atomic E-state index is 0.0331. The Balaban J connectivity index is 1.58. The van der Waals surface area contributed by atoms with Gasteiger partial charge in [-0.1, -0.05) is 35.9 Å². The lowest BCUT2D eigenvalue weighted by molar-refractivity contribution is -0.125. The molecule has 0 atom stereocenters. The standard InChI is InChI=1S/C24H26N2O2S/c1-17-8-10-21(18(2)12-17)14-26(4)24(27)11-9-20-6-5-7-23(13-20)28-15-22-16-29-19(3)25-22/h5-13,16H,14-15H2,1-4H3/b11-9+. The maximum Gasteiger partial charge on any atom is 0.246 e. The highest BCUT2D eigenvalue weighted by Gasteiger charge is 2.08. The first-order valence-corrected chi connectivity index (χ1v) is 10.4. The first kappa shape index (κ1) is 20.8. The van der Waals surface area contributed by atoms with Crippen molar-refractivity contribution in [2.24, 2.45) is 0 Å². The molecule has 1 aromatic heterocycles. The predicted octanol–water partition coefficient (Wildman–Crippen LogP) is 5.32. The third-order valence-corrected chi connectivity index (χ3v) is 5.43. The van der Waals surface area contributed by atoms with Gasteiger partial charge in [0.2, 0.25) is 5.91 Å². The molecule has 3 aromatic rings. The van der Waals surface area contributed by atoms with Crippen LogP contribution in [0.2, 0.25) is 0 Å². The number of likely N-dealkylation sites (N-methyl/N-ethyl adjacent to an activating group) is 1. The lowest BCUT2D eigenvalue weighted by Gasteiger charge is -2.17. The number of aromatic nitrogens is 1. The van der Waals surface area contributed by atoms with Crippen molar-refractivity contribution in [1.29, 1.82) is 0 Å². The van der Waals surface area contributed by atoms with Crippen LogP contribution in [0.1, 0.15) is 33.0 Å². The van der Waals surface area contributed by atoms with E-state index in [9.17, 15) is 4.79 Å². The molecule has 2 aromatic carbocycles. The molecule has 0 aliphatic carbocycles. The van der Waals surface area contributed by atoms with Crippen LogP contribution in [0.3, 0.4) is 0 Å². The first-order valence-electron chi connectivity index (χ1n) is 9.54. The third kappa shape index (κ3) is 6.03. The van der Waals surface area contributed by atoms with Crippen LogP contribution < -0.4 is 4.74 Å². The zero-order valence-corrected chi connectivity index (χ0v) is 18.1. The number of amides is 1. The molecule has 0 bridgehead atoms. The van der Waals surface area contributed by atoms with Crippen molar-refractivity contribution in [2.45, 2.75) is 33.9 Å². The van der Waals surface area contributed by atoms with Crippen molar-refractivity contribution in [3.05, 3.63) is 86.9 Å². The smallest absolute Gasteiger partial charge is 0.246 e. The largest absolute Gasteiger partial charge is 0.487 e. The quantitative estimate of drug-likeness (QED) is 0.499. The summed E-state index contributed by atoms with van der Waals surface area (Å²) in [6.07, 6.45) is 3.42. The Hall–Kier alpha value is -2.92. The molecule has 0 aliphatic rings. The van der Waals surface area contributed by atoms with E-state index in [2.05, 4.69) is 37.0 Å². The molecular formula is C24H26N2O2S. The minimum atomic E-state index is -0.0331. The molecule has 1 heterocycles. The van der Waals surface area contributed by atoms with Crippen LogP contribution in [0.5, 0.6) is 5.75 Å². The van der Waals surface area contributed by atoms with Crippen LogP contribution in [-0.2, 0) is 17.9 Å². The third-order valence-electron chi connectivity index (χ3n) is 4.61. The van der Waals surface area contributed by atoms with Crippen molar-refractivity contribution >= 4 is 23.3 Å². The van der Waals surface area contributed by atoms with E-state index in [0.29, 0.717) is 13.2 Å². The van der Waals surface area contributed by atoms with E-state index in [1.807, 2.05) is 49.7 Å². The zero-order chi connectivity index (χ0) is 20.8. The first-order chi connectivity index (χ1) is 13.9. The summed E-state index contributed by atoms with van der Waals surface area (Å²) in [7, 11) is 1.82. The van der Waals surface area contributed by atoms with Gasteiger partial charge in [0.15, 0.2) is 0 Å². The van der Waals surface area contributed by atoms with Crippen molar-refractivity contribution in [2.75, 3.05) is 7.05 Å². The number of ether oxygens (including phenoxy) is 1. The maximum atomic E-state index is 12.5. The van der Waals surface area contributed by atoms with Crippen LogP contribution in [0, 0.1) is 20.8 Å². The van der Waals surface area contributed by atoms with Gasteiger partial charge in [-0.05, 0) is 55.7 Å². The van der Waals surface area contributed by atoms with Crippen LogP contribution >= 0.6 is 11.3 Å². The second-order valence-electron chi connectivity index (χ2n) is 7.18. The van der Waals surface area contributed by atoms with E-state index < -0.39 is 0 Å². The fourth-order valence-corrected chi connectivity index (χ4v) is 3.59. The lowest BCUT2D eigenvalue weighted by atomic mass is 10.1. The SMILES string of the molecule is Cc1ccc(CN(C)C(=O)/C=C/c2cccc(OCc3csc(C)n3)c2)c(C)c1. The Morgan fingerprint density at radius 2 is 2.00 bits per heavy atom. The van der Waals surface area contributed by atoms with Crippen molar-refractivity contribution in [1.82, 2.24) is 9.88 Å². The molecule has 0 unspecified atom stereocenters. The van der Waals surface area contributed by atoms with E-state index in [1.54, 1.807) is 22.3 Å². The van der Waals surface area contributed by atoms with Gasteiger partial charge in [0.1, 0.15) is 12.4 Å². The van der Waals surface area contributed by atoms with Crippen molar-refractivity contribution in [3.8, 4) is 5.75 Å². The Morgan fingerprint density at radius 1 is 1.17 bits per heavy atom. The topological polar surface area (TPSA) is 42.4 Å². The summed E-state index contributed by atoms with van der Waals surface area (Å²) in [5.41, 5.74) is 5.44. The minimum Gasteiger partial charge on any atom is -0.487 e. The van der Waals surface area contributed by atoms with Crippen LogP contribution in [0.25, 0.3) is 6.08 Å². The molecular weight excluding hydrogens is 380 g/mol. The zero-order valence-electron chi connectivity index (χ0n) is 17.3. The van der Waals surface area contributed by atoms with E-state index >= 15 is 0 Å². The van der Waals surface area contributed by atoms with Crippen molar-refractivity contribution < 1.29 is 9.53 Å². The van der Waals surface area contributed by atoms with E-state index in [4.69, 9.17) is 4.74 Å². The van der Waals surface area contributed by atoms with E-state index in [-0.39, 0.29) is 5.91 Å². The molecule has 5 heteroatoms. The van der Waals surface area contributed by atoms with Crippen LogP contribution in [0.4, 0.5) is 0 Å². The fourth-order valence-electron chi connectivity index (χ4n) is 2.99. The normalized spacial score (nSPS) is 11.0. The molecule has 1 amide bonds. The van der Waals surface area contributed by atoms with Gasteiger partial charge in [0, 0.05) is 25.0 Å². The summed E-state index contributed by atoms with van der Waals surface area (Å²) in [5, 5.41) is 3.03. The highest BCUT2D eigenvalue weighted by atomic mass is 32.1. The summed E-state index contributed by atoms with van der Waals surface area (Å²) in [6, 6.07) is 14.0. The number of aryl methyl sites for hydroxylation is 3. The second kappa shape index (κ2) is 9.52. The van der Waals surface area contributed by atoms with Gasteiger partial charge in [-0.25, -0.2) is 4.98 Å². The molecule has 0 saturated carbocycles. The van der Waals surface area contributed by atoms with Gasteiger partial charge in [0.25, 0.3) is 0 Å². The molecule has 0 spiro atoms. The highest BCUT2D eigenvalue weighted by Crippen LogP contribution is 2.18. The molecule has 0 fully saturated rings. The predicted molar refractivity (Wildman–Crippen MR) is 119 cm³/mol. The Kier molecular flexibility index (Phi) is 6.83. The van der Waals surface area contributed by atoms with Gasteiger partial charge >= 0.3 is 0 Å². The number of rotatable bonds is 7.